The maximum absolute atomic E-state index is 12.8. The number of rotatable bonds is 4. The molecule has 2 aromatic carbocycles. The van der Waals surface area contributed by atoms with E-state index >= 15 is 0 Å². The third-order valence-corrected chi connectivity index (χ3v) is 5.67. The number of methoxy groups -OCH3 is 1. The molecule has 0 spiro atoms. The smallest absolute Gasteiger partial charge is 0.337 e. The lowest BCUT2D eigenvalue weighted by atomic mass is 10.2. The quantitative estimate of drug-likeness (QED) is 0.765. The molecule has 0 aromatic heterocycles. The van der Waals surface area contributed by atoms with E-state index in [2.05, 4.69) is 10.1 Å². The van der Waals surface area contributed by atoms with Crippen molar-refractivity contribution in [2.75, 3.05) is 29.5 Å². The number of hydrogen-bond donors (Lipinski definition) is 1. The molecule has 0 saturated carbocycles. The number of ether oxygens (including phenoxy) is 2. The first-order chi connectivity index (χ1) is 13.7. The second-order valence-corrected chi connectivity index (χ2v) is 8.67. The van der Waals surface area contributed by atoms with Gasteiger partial charge in [0.1, 0.15) is 5.75 Å². The summed E-state index contributed by atoms with van der Waals surface area (Å²) < 4.78 is 36.3. The van der Waals surface area contributed by atoms with E-state index in [4.69, 9.17) is 4.74 Å². The fraction of sp³-hybridized carbons (Fsp3) is 0.300. The van der Waals surface area contributed by atoms with Crippen LogP contribution in [0, 0.1) is 6.92 Å². The number of nitrogens with zero attached hydrogens (tertiary/aromatic N) is 1. The molecule has 1 heterocycles. The molecule has 0 aliphatic carbocycles. The molecule has 1 aliphatic heterocycles. The van der Waals surface area contributed by atoms with Gasteiger partial charge in [0.2, 0.25) is 10.0 Å². The number of benzene rings is 2. The first kappa shape index (κ1) is 20.7. The summed E-state index contributed by atoms with van der Waals surface area (Å²) in [6.45, 7) is 1.96. The Morgan fingerprint density at radius 1 is 1.21 bits per heavy atom. The van der Waals surface area contributed by atoms with Gasteiger partial charge in [0.25, 0.3) is 5.91 Å². The largest absolute Gasteiger partial charge is 0.478 e. The van der Waals surface area contributed by atoms with E-state index in [0.29, 0.717) is 22.7 Å². The monoisotopic (exact) mass is 418 g/mol. The van der Waals surface area contributed by atoms with Gasteiger partial charge in [-0.05, 0) is 42.8 Å². The first-order valence-electron chi connectivity index (χ1n) is 8.93. The first-order valence-corrected chi connectivity index (χ1v) is 10.8. The number of aryl methyl sites for hydroxylation is 1. The van der Waals surface area contributed by atoms with E-state index < -0.39 is 28.0 Å². The maximum Gasteiger partial charge on any atom is 0.337 e. The zero-order valence-electron chi connectivity index (χ0n) is 16.3. The Balaban J connectivity index is 1.84. The van der Waals surface area contributed by atoms with E-state index in [1.165, 1.54) is 17.5 Å². The molecule has 0 radical (unpaired) electrons. The average Bonchev–Trinajstić information content (AvgIpc) is 2.86. The topological polar surface area (TPSA) is 102 Å². The van der Waals surface area contributed by atoms with Gasteiger partial charge in [-0.1, -0.05) is 12.1 Å². The third-order valence-electron chi connectivity index (χ3n) is 4.49. The van der Waals surface area contributed by atoms with Crippen LogP contribution < -0.4 is 14.4 Å². The van der Waals surface area contributed by atoms with Gasteiger partial charge in [-0.25, -0.2) is 13.2 Å². The van der Waals surface area contributed by atoms with E-state index in [-0.39, 0.29) is 13.0 Å². The SMILES string of the molecule is COC(=O)c1cccc(NC(=O)[C@@H]2CCN(S(C)(=O)=O)c3cc(C)ccc3O2)c1. The summed E-state index contributed by atoms with van der Waals surface area (Å²) in [6.07, 6.45) is 0.395. The van der Waals surface area contributed by atoms with Crippen molar-refractivity contribution in [1.29, 1.82) is 0 Å². The molecule has 1 amide bonds. The van der Waals surface area contributed by atoms with Crippen molar-refractivity contribution < 1.29 is 27.5 Å². The number of fused-ring (bicyclic) bond motifs is 1. The zero-order chi connectivity index (χ0) is 21.2. The van der Waals surface area contributed by atoms with Crippen LogP contribution in [-0.2, 0) is 19.6 Å². The number of esters is 1. The minimum Gasteiger partial charge on any atom is -0.478 e. The summed E-state index contributed by atoms with van der Waals surface area (Å²) in [4.78, 5) is 24.5. The summed E-state index contributed by atoms with van der Waals surface area (Å²) in [5, 5.41) is 2.71. The number of nitrogens with one attached hydrogen (secondary N) is 1. The van der Waals surface area contributed by atoms with Crippen LogP contribution in [0.3, 0.4) is 0 Å². The van der Waals surface area contributed by atoms with E-state index in [0.717, 1.165) is 11.8 Å². The summed E-state index contributed by atoms with van der Waals surface area (Å²) in [5.41, 5.74) is 2.00. The Kier molecular flexibility index (Phi) is 5.78. The third kappa shape index (κ3) is 4.68. The van der Waals surface area contributed by atoms with Crippen molar-refractivity contribution in [3.05, 3.63) is 53.6 Å². The van der Waals surface area contributed by atoms with Gasteiger partial charge in [-0.15, -0.1) is 0 Å². The second kappa shape index (κ2) is 8.12. The molecule has 0 fully saturated rings. The second-order valence-electron chi connectivity index (χ2n) is 6.76. The van der Waals surface area contributed by atoms with Crippen LogP contribution in [0.2, 0.25) is 0 Å². The molecule has 1 N–H and O–H groups in total. The van der Waals surface area contributed by atoms with Gasteiger partial charge in [-0.3, -0.25) is 9.10 Å². The molecule has 154 valence electrons. The van der Waals surface area contributed by atoms with Crippen LogP contribution in [0.1, 0.15) is 22.3 Å². The van der Waals surface area contributed by atoms with Crippen LogP contribution in [-0.4, -0.2) is 46.3 Å². The Morgan fingerprint density at radius 2 is 1.97 bits per heavy atom. The number of carbonyl (C=O) groups excluding carboxylic acids is 2. The standard InChI is InChI=1S/C20H22N2O6S/c1-13-7-8-17-16(11-13)22(29(3,25)26)10-9-18(28-17)19(23)21-15-6-4-5-14(12-15)20(24)27-2/h4-8,11-12,18H,9-10H2,1-3H3,(H,21,23)/t18-/m0/s1. The van der Waals surface area contributed by atoms with Gasteiger partial charge < -0.3 is 14.8 Å². The summed E-state index contributed by atoms with van der Waals surface area (Å²) >= 11 is 0. The zero-order valence-corrected chi connectivity index (χ0v) is 17.2. The van der Waals surface area contributed by atoms with Crippen molar-refractivity contribution in [2.24, 2.45) is 0 Å². The van der Waals surface area contributed by atoms with Crippen molar-refractivity contribution >= 4 is 33.3 Å². The van der Waals surface area contributed by atoms with Crippen LogP contribution in [0.5, 0.6) is 5.75 Å². The van der Waals surface area contributed by atoms with E-state index in [9.17, 15) is 18.0 Å². The Hall–Kier alpha value is -3.07. The highest BCUT2D eigenvalue weighted by molar-refractivity contribution is 7.92. The molecular formula is C20H22N2O6S. The molecule has 9 heteroatoms. The van der Waals surface area contributed by atoms with E-state index in [1.807, 2.05) is 6.92 Å². The van der Waals surface area contributed by atoms with Crippen molar-refractivity contribution in [3.63, 3.8) is 0 Å². The molecule has 0 unspecified atom stereocenters. The Labute approximate surface area is 169 Å². The van der Waals surface area contributed by atoms with Gasteiger partial charge in [-0.2, -0.15) is 0 Å². The van der Waals surface area contributed by atoms with Gasteiger partial charge in [0.15, 0.2) is 6.10 Å². The molecule has 29 heavy (non-hydrogen) atoms. The molecule has 0 bridgehead atoms. The fourth-order valence-corrected chi connectivity index (χ4v) is 4.02. The molecular weight excluding hydrogens is 396 g/mol. The highest BCUT2D eigenvalue weighted by Gasteiger charge is 2.31. The molecule has 1 aliphatic rings. The van der Waals surface area contributed by atoms with Crippen LogP contribution >= 0.6 is 0 Å². The number of hydrogen-bond acceptors (Lipinski definition) is 6. The number of anilines is 2. The lowest BCUT2D eigenvalue weighted by molar-refractivity contribution is -0.122. The predicted molar refractivity (Wildman–Crippen MR) is 109 cm³/mol. The average molecular weight is 418 g/mol. The summed E-state index contributed by atoms with van der Waals surface area (Å²) in [5.74, 6) is -0.629. The highest BCUT2D eigenvalue weighted by Crippen LogP contribution is 2.35. The molecule has 8 nitrogen and oxygen atoms in total. The van der Waals surface area contributed by atoms with E-state index in [1.54, 1.807) is 36.4 Å². The Morgan fingerprint density at radius 3 is 2.66 bits per heavy atom. The predicted octanol–water partition coefficient (Wildman–Crippen LogP) is 2.34. The van der Waals surface area contributed by atoms with Crippen molar-refractivity contribution in [3.8, 4) is 5.75 Å². The number of amides is 1. The lowest BCUT2D eigenvalue weighted by Crippen LogP contribution is -2.36. The molecule has 3 rings (SSSR count). The van der Waals surface area contributed by atoms with Crippen LogP contribution in [0.15, 0.2) is 42.5 Å². The van der Waals surface area contributed by atoms with Crippen molar-refractivity contribution in [1.82, 2.24) is 0 Å². The van der Waals surface area contributed by atoms with Crippen LogP contribution in [0.25, 0.3) is 0 Å². The minimum absolute atomic E-state index is 0.107. The fourth-order valence-electron chi connectivity index (χ4n) is 3.08. The summed E-state index contributed by atoms with van der Waals surface area (Å²) in [6, 6.07) is 11.5. The van der Waals surface area contributed by atoms with Gasteiger partial charge in [0.05, 0.1) is 24.6 Å². The minimum atomic E-state index is -3.54. The molecule has 1 atom stereocenters. The lowest BCUT2D eigenvalue weighted by Gasteiger charge is -2.21. The van der Waals surface area contributed by atoms with Gasteiger partial charge >= 0.3 is 5.97 Å². The normalized spacial score (nSPS) is 16.2. The van der Waals surface area contributed by atoms with Crippen LogP contribution in [0.4, 0.5) is 11.4 Å². The number of sulfonamides is 1. The molecule has 2 aromatic rings. The van der Waals surface area contributed by atoms with Crippen molar-refractivity contribution in [2.45, 2.75) is 19.4 Å². The highest BCUT2D eigenvalue weighted by atomic mass is 32.2. The number of carbonyl (C=O) groups is 2. The summed E-state index contributed by atoms with van der Waals surface area (Å²) in [7, 11) is -2.26. The Bertz CT molecular complexity index is 1050. The maximum atomic E-state index is 12.8. The molecule has 0 saturated heterocycles. The van der Waals surface area contributed by atoms with Gasteiger partial charge in [0, 0.05) is 18.7 Å².